The largest absolute Gasteiger partial charge is 0.395 e. The van der Waals surface area contributed by atoms with Crippen molar-refractivity contribution in [3.63, 3.8) is 0 Å². The van der Waals surface area contributed by atoms with E-state index in [9.17, 15) is 10.2 Å². The summed E-state index contributed by atoms with van der Waals surface area (Å²) in [6.45, 7) is 0.623. The van der Waals surface area contributed by atoms with Gasteiger partial charge in [-0.1, -0.05) is 0 Å². The fraction of sp³-hybridized carbons (Fsp3) is 1.00. The lowest BCUT2D eigenvalue weighted by Crippen LogP contribution is -2.54. The molecule has 4 heteroatoms. The lowest BCUT2D eigenvalue weighted by Gasteiger charge is -2.38. The van der Waals surface area contributed by atoms with Crippen molar-refractivity contribution >= 4 is 0 Å². The Morgan fingerprint density at radius 2 is 2.09 bits per heavy atom. The van der Waals surface area contributed by atoms with Crippen LogP contribution in [0.5, 0.6) is 0 Å². The molecule has 3 atom stereocenters. The number of hydrogen-bond acceptors (Lipinski definition) is 4. The van der Waals surface area contributed by atoms with E-state index in [1.807, 2.05) is 11.9 Å². The summed E-state index contributed by atoms with van der Waals surface area (Å²) in [6, 6.07) is -0.307. The van der Waals surface area contributed by atoms with Gasteiger partial charge in [-0.3, -0.25) is 4.90 Å². The molecule has 0 aromatic rings. The van der Waals surface area contributed by atoms with Crippen molar-refractivity contribution in [3.8, 4) is 0 Å². The van der Waals surface area contributed by atoms with E-state index in [0.717, 1.165) is 6.54 Å². The highest BCUT2D eigenvalue weighted by Gasteiger charge is 2.33. The van der Waals surface area contributed by atoms with Gasteiger partial charge in [-0.15, -0.1) is 0 Å². The smallest absolute Gasteiger partial charge is 0.0976 e. The monoisotopic (exact) mass is 161 g/mol. The highest BCUT2D eigenvalue weighted by Crippen LogP contribution is 2.15. The molecule has 0 aromatic heterocycles. The van der Waals surface area contributed by atoms with Crippen molar-refractivity contribution in [2.45, 2.75) is 24.7 Å². The zero-order valence-corrected chi connectivity index (χ0v) is 6.64. The molecule has 0 saturated carbocycles. The molecule has 66 valence electrons. The Kier molecular flexibility index (Phi) is 2.84. The maximum atomic E-state index is 9.36. The van der Waals surface area contributed by atoms with E-state index in [1.165, 1.54) is 0 Å². The summed E-state index contributed by atoms with van der Waals surface area (Å²) in [7, 11) is 1.83. The quantitative estimate of drug-likeness (QED) is 0.433. The number of hydrogen-bond donors (Lipinski definition) is 3. The zero-order chi connectivity index (χ0) is 8.43. The highest BCUT2D eigenvalue weighted by atomic mass is 16.3. The van der Waals surface area contributed by atoms with Crippen LogP contribution >= 0.6 is 0 Å². The van der Waals surface area contributed by atoms with Crippen LogP contribution in [0.2, 0.25) is 0 Å². The van der Waals surface area contributed by atoms with E-state index in [-0.39, 0.29) is 12.6 Å². The standard InChI is InChI=1S/C7H15NO3/c1-8-3-2-6(10)7(11)5(8)4-9/h5-7,9-11H,2-4H2,1H3/t5-,6-,7+/m1/s1. The normalized spacial score (nSPS) is 40.9. The third-order valence-corrected chi connectivity index (χ3v) is 2.32. The molecule has 0 aromatic carbocycles. The molecule has 0 aliphatic carbocycles. The predicted octanol–water partition coefficient (Wildman–Crippen LogP) is -1.60. The summed E-state index contributed by atoms with van der Waals surface area (Å²) in [5, 5.41) is 27.4. The van der Waals surface area contributed by atoms with Crippen LogP contribution in [0.3, 0.4) is 0 Å². The van der Waals surface area contributed by atoms with Gasteiger partial charge in [0.05, 0.1) is 24.9 Å². The van der Waals surface area contributed by atoms with Crippen molar-refractivity contribution in [3.05, 3.63) is 0 Å². The van der Waals surface area contributed by atoms with Crippen molar-refractivity contribution in [1.29, 1.82) is 0 Å². The molecule has 1 fully saturated rings. The maximum Gasteiger partial charge on any atom is 0.0976 e. The number of nitrogens with zero attached hydrogens (tertiary/aromatic N) is 1. The van der Waals surface area contributed by atoms with Crippen LogP contribution < -0.4 is 0 Å². The van der Waals surface area contributed by atoms with E-state index < -0.39 is 12.2 Å². The molecular formula is C7H15NO3. The van der Waals surface area contributed by atoms with Gasteiger partial charge in [-0.05, 0) is 13.5 Å². The minimum Gasteiger partial charge on any atom is -0.395 e. The first-order valence-electron chi connectivity index (χ1n) is 3.84. The second-order valence-corrected chi connectivity index (χ2v) is 3.08. The minimum atomic E-state index is -0.807. The third kappa shape index (κ3) is 1.70. The number of piperidine rings is 1. The fourth-order valence-electron chi connectivity index (χ4n) is 1.44. The van der Waals surface area contributed by atoms with Crippen LogP contribution in [0.15, 0.2) is 0 Å². The fourth-order valence-corrected chi connectivity index (χ4v) is 1.44. The summed E-state index contributed by atoms with van der Waals surface area (Å²) >= 11 is 0. The number of aliphatic hydroxyl groups is 3. The van der Waals surface area contributed by atoms with Gasteiger partial charge in [-0.2, -0.15) is 0 Å². The van der Waals surface area contributed by atoms with E-state index in [2.05, 4.69) is 0 Å². The van der Waals surface area contributed by atoms with E-state index in [0.29, 0.717) is 6.42 Å². The first-order chi connectivity index (χ1) is 5.16. The average molecular weight is 161 g/mol. The number of likely N-dealkylation sites (N-methyl/N-ethyl adjacent to an activating group) is 1. The van der Waals surface area contributed by atoms with Crippen LogP contribution in [0.25, 0.3) is 0 Å². The molecule has 1 saturated heterocycles. The van der Waals surface area contributed by atoms with Gasteiger partial charge in [0.25, 0.3) is 0 Å². The van der Waals surface area contributed by atoms with Crippen molar-refractivity contribution in [2.75, 3.05) is 20.2 Å². The highest BCUT2D eigenvalue weighted by molar-refractivity contribution is 4.87. The van der Waals surface area contributed by atoms with Gasteiger partial charge in [0.15, 0.2) is 0 Å². The summed E-state index contributed by atoms with van der Waals surface area (Å²) in [5.74, 6) is 0. The second-order valence-electron chi connectivity index (χ2n) is 3.08. The van der Waals surface area contributed by atoms with E-state index >= 15 is 0 Å². The molecule has 0 unspecified atom stereocenters. The number of rotatable bonds is 1. The van der Waals surface area contributed by atoms with E-state index in [1.54, 1.807) is 0 Å². The summed E-state index contributed by atoms with van der Waals surface area (Å²) in [6.07, 6.45) is -0.907. The molecule has 0 amide bonds. The van der Waals surface area contributed by atoms with Gasteiger partial charge in [-0.25, -0.2) is 0 Å². The molecule has 0 bridgehead atoms. The van der Waals surface area contributed by atoms with Crippen molar-refractivity contribution in [1.82, 2.24) is 4.90 Å². The van der Waals surface area contributed by atoms with Crippen molar-refractivity contribution in [2.24, 2.45) is 0 Å². The van der Waals surface area contributed by atoms with Gasteiger partial charge in [0.1, 0.15) is 0 Å². The molecule has 11 heavy (non-hydrogen) atoms. The Bertz CT molecular complexity index is 131. The Hall–Kier alpha value is -0.160. The number of aliphatic hydroxyl groups excluding tert-OH is 3. The first kappa shape index (κ1) is 8.93. The molecule has 0 spiro atoms. The van der Waals surface area contributed by atoms with Crippen LogP contribution in [-0.2, 0) is 0 Å². The predicted molar refractivity (Wildman–Crippen MR) is 40.1 cm³/mol. The maximum absolute atomic E-state index is 9.36. The van der Waals surface area contributed by atoms with Crippen LogP contribution in [0.4, 0.5) is 0 Å². The summed E-state index contributed by atoms with van der Waals surface area (Å²) in [4.78, 5) is 1.86. The first-order valence-corrected chi connectivity index (χ1v) is 3.84. The summed E-state index contributed by atoms with van der Waals surface area (Å²) < 4.78 is 0. The minimum absolute atomic E-state index is 0.102. The Balaban J connectivity index is 2.55. The lowest BCUT2D eigenvalue weighted by atomic mass is 9.97. The van der Waals surface area contributed by atoms with Crippen LogP contribution in [-0.4, -0.2) is 58.7 Å². The molecule has 3 N–H and O–H groups in total. The average Bonchev–Trinajstić information content (AvgIpc) is 1.99. The lowest BCUT2D eigenvalue weighted by molar-refractivity contribution is -0.0818. The molecule has 1 aliphatic rings. The number of likely N-dealkylation sites (tertiary alicyclic amines) is 1. The van der Waals surface area contributed by atoms with Gasteiger partial charge in [0.2, 0.25) is 0 Å². The van der Waals surface area contributed by atoms with Crippen LogP contribution in [0, 0.1) is 0 Å². The molecular weight excluding hydrogens is 146 g/mol. The van der Waals surface area contributed by atoms with Gasteiger partial charge < -0.3 is 15.3 Å². The molecule has 4 nitrogen and oxygen atoms in total. The van der Waals surface area contributed by atoms with Gasteiger partial charge >= 0.3 is 0 Å². The third-order valence-electron chi connectivity index (χ3n) is 2.32. The van der Waals surface area contributed by atoms with E-state index in [4.69, 9.17) is 5.11 Å². The Morgan fingerprint density at radius 1 is 1.45 bits per heavy atom. The molecule has 1 heterocycles. The van der Waals surface area contributed by atoms with Gasteiger partial charge in [0, 0.05) is 6.54 Å². The molecule has 1 rings (SSSR count). The topological polar surface area (TPSA) is 63.9 Å². The Morgan fingerprint density at radius 3 is 2.55 bits per heavy atom. The van der Waals surface area contributed by atoms with Crippen molar-refractivity contribution < 1.29 is 15.3 Å². The zero-order valence-electron chi connectivity index (χ0n) is 6.64. The summed E-state index contributed by atoms with van der Waals surface area (Å²) in [5.41, 5.74) is 0. The molecule has 1 aliphatic heterocycles. The Labute approximate surface area is 66.1 Å². The molecule has 0 radical (unpaired) electrons. The second kappa shape index (κ2) is 3.49. The SMILES string of the molecule is CN1CC[C@@H](O)[C@@H](O)[C@H]1CO. The van der Waals surface area contributed by atoms with Crippen LogP contribution in [0.1, 0.15) is 6.42 Å².